The fourth-order valence-electron chi connectivity index (χ4n) is 3.52. The van der Waals surface area contributed by atoms with Crippen molar-refractivity contribution >= 4 is 23.7 Å². The number of nitrogens with two attached hydrogens (primary N) is 1. The number of rotatable bonds is 9. The maximum atomic E-state index is 12.4. The van der Waals surface area contributed by atoms with E-state index >= 15 is 0 Å². The zero-order valence-corrected chi connectivity index (χ0v) is 14.9. The van der Waals surface area contributed by atoms with Gasteiger partial charge in [-0.15, -0.1) is 0 Å². The summed E-state index contributed by atoms with van der Waals surface area (Å²) in [6, 6.07) is -0.877. The molecule has 0 aromatic rings. The van der Waals surface area contributed by atoms with Gasteiger partial charge in [0.05, 0.1) is 0 Å². The Kier molecular flexibility index (Phi) is 7.32. The van der Waals surface area contributed by atoms with Gasteiger partial charge in [0.15, 0.2) is 0 Å². The highest BCUT2D eigenvalue weighted by atomic mass is 16.4. The second-order valence-electron chi connectivity index (χ2n) is 7.02. The smallest absolute Gasteiger partial charge is 0.326 e. The fourth-order valence-corrected chi connectivity index (χ4v) is 3.52. The molecule has 26 heavy (non-hydrogen) atoms. The average Bonchev–Trinajstić information content (AvgIpc) is 2.93. The summed E-state index contributed by atoms with van der Waals surface area (Å²) < 4.78 is 0. The number of carboxylic acid groups (broad SMARTS) is 1. The summed E-state index contributed by atoms with van der Waals surface area (Å²) in [6.45, 7) is 0.887. The SMILES string of the molecule is NCCCCC(NC(=O)C1CCC(CN2C(=O)C=CC2=O)CC1)C(=O)O. The fraction of sp³-hybridized carbons (Fsp3) is 0.667. The molecule has 1 saturated carbocycles. The highest BCUT2D eigenvalue weighted by molar-refractivity contribution is 6.12. The van der Waals surface area contributed by atoms with Gasteiger partial charge >= 0.3 is 5.97 Å². The molecule has 0 saturated heterocycles. The Morgan fingerprint density at radius 2 is 1.77 bits per heavy atom. The lowest BCUT2D eigenvalue weighted by molar-refractivity contribution is -0.143. The molecule has 1 fully saturated rings. The van der Waals surface area contributed by atoms with Crippen LogP contribution in [0.5, 0.6) is 0 Å². The van der Waals surface area contributed by atoms with Gasteiger partial charge < -0.3 is 16.2 Å². The van der Waals surface area contributed by atoms with Crippen LogP contribution < -0.4 is 11.1 Å². The number of aliphatic carboxylic acids is 1. The Hall–Kier alpha value is -2.22. The first-order valence-electron chi connectivity index (χ1n) is 9.19. The zero-order chi connectivity index (χ0) is 19.1. The first-order valence-corrected chi connectivity index (χ1v) is 9.19. The second kappa shape index (κ2) is 9.47. The molecule has 0 radical (unpaired) electrons. The topological polar surface area (TPSA) is 130 Å². The number of carbonyl (C=O) groups excluding carboxylic acids is 3. The van der Waals surface area contributed by atoms with E-state index in [0.717, 1.165) is 19.3 Å². The Labute approximate surface area is 152 Å². The van der Waals surface area contributed by atoms with Crippen molar-refractivity contribution in [3.63, 3.8) is 0 Å². The summed E-state index contributed by atoms with van der Waals surface area (Å²) in [7, 11) is 0. The number of carboxylic acids is 1. The normalized spacial score (nSPS) is 24.0. The molecule has 2 aliphatic rings. The largest absolute Gasteiger partial charge is 0.480 e. The number of imide groups is 1. The van der Waals surface area contributed by atoms with Gasteiger partial charge in [-0.25, -0.2) is 4.79 Å². The number of unbranched alkanes of at least 4 members (excludes halogenated alkanes) is 1. The molecule has 0 aromatic carbocycles. The molecule has 8 heteroatoms. The molecule has 4 N–H and O–H groups in total. The van der Waals surface area contributed by atoms with Crippen molar-refractivity contribution in [1.82, 2.24) is 10.2 Å². The minimum atomic E-state index is -1.03. The van der Waals surface area contributed by atoms with E-state index in [9.17, 15) is 24.3 Å². The molecule has 1 aliphatic carbocycles. The Morgan fingerprint density at radius 3 is 2.31 bits per heavy atom. The molecule has 0 aromatic heterocycles. The molecule has 1 unspecified atom stereocenters. The Morgan fingerprint density at radius 1 is 1.15 bits per heavy atom. The van der Waals surface area contributed by atoms with Crippen molar-refractivity contribution in [1.29, 1.82) is 0 Å². The van der Waals surface area contributed by atoms with Crippen molar-refractivity contribution in [2.75, 3.05) is 13.1 Å². The van der Waals surface area contributed by atoms with Crippen LogP contribution in [0.15, 0.2) is 12.2 Å². The van der Waals surface area contributed by atoms with Crippen LogP contribution in [0.3, 0.4) is 0 Å². The summed E-state index contributed by atoms with van der Waals surface area (Å²) in [5.74, 6) is -1.84. The number of carbonyl (C=O) groups is 4. The van der Waals surface area contributed by atoms with Crippen LogP contribution in [0, 0.1) is 11.8 Å². The van der Waals surface area contributed by atoms with E-state index in [1.165, 1.54) is 17.1 Å². The van der Waals surface area contributed by atoms with E-state index < -0.39 is 12.0 Å². The van der Waals surface area contributed by atoms with E-state index in [2.05, 4.69) is 5.32 Å². The van der Waals surface area contributed by atoms with E-state index in [-0.39, 0.29) is 29.6 Å². The lowest BCUT2D eigenvalue weighted by Crippen LogP contribution is -2.45. The Bertz CT molecular complexity index is 563. The first-order chi connectivity index (χ1) is 12.4. The predicted octanol–water partition coefficient (Wildman–Crippen LogP) is 0.416. The molecule has 144 valence electrons. The van der Waals surface area contributed by atoms with Gasteiger partial charge in [-0.05, 0) is 57.4 Å². The first kappa shape index (κ1) is 20.1. The number of amides is 3. The van der Waals surface area contributed by atoms with Gasteiger partial charge in [0.25, 0.3) is 11.8 Å². The van der Waals surface area contributed by atoms with Crippen molar-refractivity contribution in [2.45, 2.75) is 51.0 Å². The van der Waals surface area contributed by atoms with Gasteiger partial charge in [0, 0.05) is 24.6 Å². The third-order valence-electron chi connectivity index (χ3n) is 5.12. The van der Waals surface area contributed by atoms with E-state index in [4.69, 9.17) is 5.73 Å². The average molecular weight is 365 g/mol. The van der Waals surface area contributed by atoms with Crippen LogP contribution in [0.4, 0.5) is 0 Å². The van der Waals surface area contributed by atoms with Crippen molar-refractivity contribution in [3.8, 4) is 0 Å². The maximum absolute atomic E-state index is 12.4. The zero-order valence-electron chi connectivity index (χ0n) is 14.9. The molecule has 3 amide bonds. The number of hydrogen-bond donors (Lipinski definition) is 3. The van der Waals surface area contributed by atoms with Crippen molar-refractivity contribution < 1.29 is 24.3 Å². The Balaban J connectivity index is 1.77. The molecule has 1 heterocycles. The molecular weight excluding hydrogens is 338 g/mol. The van der Waals surface area contributed by atoms with Crippen LogP contribution in [-0.4, -0.2) is 52.8 Å². The molecular formula is C18H27N3O5. The van der Waals surface area contributed by atoms with Crippen LogP contribution in [0.1, 0.15) is 44.9 Å². The van der Waals surface area contributed by atoms with E-state index in [1.54, 1.807) is 0 Å². The predicted molar refractivity (Wildman–Crippen MR) is 93.8 cm³/mol. The number of hydrogen-bond acceptors (Lipinski definition) is 5. The molecule has 8 nitrogen and oxygen atoms in total. The molecule has 0 spiro atoms. The van der Waals surface area contributed by atoms with E-state index in [1.807, 2.05) is 0 Å². The van der Waals surface area contributed by atoms with Crippen molar-refractivity contribution in [3.05, 3.63) is 12.2 Å². The van der Waals surface area contributed by atoms with Gasteiger partial charge in [0.1, 0.15) is 6.04 Å². The molecule has 1 aliphatic heterocycles. The van der Waals surface area contributed by atoms with E-state index in [0.29, 0.717) is 38.8 Å². The lowest BCUT2D eigenvalue weighted by atomic mass is 9.81. The molecule has 1 atom stereocenters. The standard InChI is InChI=1S/C18H27N3O5/c19-10-2-1-3-14(18(25)26)20-17(24)13-6-4-12(5-7-13)11-21-15(22)8-9-16(21)23/h8-9,12-14H,1-7,10-11,19H2,(H,20,24)(H,25,26). The van der Waals surface area contributed by atoms with Gasteiger partial charge in [-0.1, -0.05) is 0 Å². The number of nitrogens with one attached hydrogen (secondary N) is 1. The minimum absolute atomic E-state index is 0.187. The summed E-state index contributed by atoms with van der Waals surface area (Å²) in [5, 5.41) is 11.9. The monoisotopic (exact) mass is 365 g/mol. The highest BCUT2D eigenvalue weighted by Crippen LogP contribution is 2.30. The summed E-state index contributed by atoms with van der Waals surface area (Å²) in [6.07, 6.45) is 7.06. The van der Waals surface area contributed by atoms with Crippen LogP contribution in [-0.2, 0) is 19.2 Å². The van der Waals surface area contributed by atoms with Crippen LogP contribution in [0.2, 0.25) is 0 Å². The maximum Gasteiger partial charge on any atom is 0.326 e. The summed E-state index contributed by atoms with van der Waals surface area (Å²) in [5.41, 5.74) is 5.41. The van der Waals surface area contributed by atoms with Gasteiger partial charge in [0.2, 0.25) is 5.91 Å². The van der Waals surface area contributed by atoms with Crippen LogP contribution in [0.25, 0.3) is 0 Å². The van der Waals surface area contributed by atoms with Crippen LogP contribution >= 0.6 is 0 Å². The number of nitrogens with zero attached hydrogens (tertiary/aromatic N) is 1. The highest BCUT2D eigenvalue weighted by Gasteiger charge is 2.32. The minimum Gasteiger partial charge on any atom is -0.480 e. The quantitative estimate of drug-likeness (QED) is 0.401. The molecule has 2 rings (SSSR count). The summed E-state index contributed by atoms with van der Waals surface area (Å²) >= 11 is 0. The van der Waals surface area contributed by atoms with Gasteiger partial charge in [-0.2, -0.15) is 0 Å². The second-order valence-corrected chi connectivity index (χ2v) is 7.02. The van der Waals surface area contributed by atoms with Crippen molar-refractivity contribution in [2.24, 2.45) is 17.6 Å². The molecule has 0 bridgehead atoms. The third-order valence-corrected chi connectivity index (χ3v) is 5.12. The third kappa shape index (κ3) is 5.39. The lowest BCUT2D eigenvalue weighted by Gasteiger charge is -2.30. The van der Waals surface area contributed by atoms with Gasteiger partial charge in [-0.3, -0.25) is 19.3 Å². The summed E-state index contributed by atoms with van der Waals surface area (Å²) in [4.78, 5) is 48.1.